The second kappa shape index (κ2) is 7.30. The number of halogens is 2. The Kier molecular flexibility index (Phi) is 5.92. The van der Waals surface area contributed by atoms with Crippen molar-refractivity contribution in [2.45, 2.75) is 38.4 Å². The molecule has 0 bridgehead atoms. The summed E-state index contributed by atoms with van der Waals surface area (Å²) in [5, 5.41) is 4.56. The summed E-state index contributed by atoms with van der Waals surface area (Å²) >= 11 is 6.53. The Morgan fingerprint density at radius 1 is 1.38 bits per heavy atom. The van der Waals surface area contributed by atoms with Crippen LogP contribution in [0.5, 0.6) is 0 Å². The van der Waals surface area contributed by atoms with E-state index in [9.17, 15) is 0 Å². The third-order valence-corrected chi connectivity index (χ3v) is 5.11. The van der Waals surface area contributed by atoms with Gasteiger partial charge in [0.2, 0.25) is 0 Å². The number of ether oxygens (including phenoxy) is 1. The molecular formula is C16H24Cl2N2O. The van der Waals surface area contributed by atoms with Crippen LogP contribution in [0.3, 0.4) is 0 Å². The molecule has 0 radical (unpaired) electrons. The van der Waals surface area contributed by atoms with Crippen molar-refractivity contribution in [3.8, 4) is 0 Å². The van der Waals surface area contributed by atoms with Crippen LogP contribution in [0.4, 0.5) is 0 Å². The summed E-state index contributed by atoms with van der Waals surface area (Å²) in [5.74, 6) is 0. The van der Waals surface area contributed by atoms with Crippen LogP contribution >= 0.6 is 24.0 Å². The van der Waals surface area contributed by atoms with Crippen LogP contribution < -0.4 is 5.32 Å². The molecule has 3 nitrogen and oxygen atoms in total. The van der Waals surface area contributed by atoms with E-state index >= 15 is 0 Å². The minimum atomic E-state index is 0. The first-order valence-corrected chi connectivity index (χ1v) is 7.88. The van der Waals surface area contributed by atoms with E-state index in [4.69, 9.17) is 16.3 Å². The molecule has 1 unspecified atom stereocenters. The molecule has 21 heavy (non-hydrogen) atoms. The zero-order valence-electron chi connectivity index (χ0n) is 12.6. The maximum Gasteiger partial charge on any atom is 0.0619 e. The Hall–Kier alpha value is -0.320. The minimum Gasteiger partial charge on any atom is -0.379 e. The molecule has 1 N–H and O–H groups in total. The highest BCUT2D eigenvalue weighted by Crippen LogP contribution is 2.35. The lowest BCUT2D eigenvalue weighted by atomic mass is 9.96. The lowest BCUT2D eigenvalue weighted by molar-refractivity contribution is -0.0244. The average Bonchev–Trinajstić information content (AvgIpc) is 2.91. The van der Waals surface area contributed by atoms with Gasteiger partial charge in [-0.3, -0.25) is 4.90 Å². The normalized spacial score (nSPS) is 30.1. The first-order valence-electron chi connectivity index (χ1n) is 7.50. The number of rotatable bonds is 2. The van der Waals surface area contributed by atoms with E-state index in [1.165, 1.54) is 12.0 Å². The van der Waals surface area contributed by atoms with Crippen molar-refractivity contribution in [1.82, 2.24) is 10.2 Å². The lowest BCUT2D eigenvalue weighted by Gasteiger charge is -2.40. The van der Waals surface area contributed by atoms with Gasteiger partial charge in [0, 0.05) is 29.7 Å². The fraction of sp³-hybridized carbons (Fsp3) is 0.625. The van der Waals surface area contributed by atoms with E-state index in [1.54, 1.807) is 0 Å². The van der Waals surface area contributed by atoms with Gasteiger partial charge in [0.25, 0.3) is 0 Å². The van der Waals surface area contributed by atoms with Crippen LogP contribution in [0.15, 0.2) is 18.2 Å². The number of hydrogen-bond acceptors (Lipinski definition) is 3. The Morgan fingerprint density at radius 3 is 2.95 bits per heavy atom. The molecule has 0 saturated carbocycles. The minimum absolute atomic E-state index is 0. The highest BCUT2D eigenvalue weighted by atomic mass is 35.5. The fourth-order valence-corrected chi connectivity index (χ4v) is 3.75. The molecule has 2 heterocycles. The van der Waals surface area contributed by atoms with Crippen LogP contribution in [0, 0.1) is 6.92 Å². The second-order valence-corrected chi connectivity index (χ2v) is 6.31. The number of benzene rings is 1. The number of hydrogen-bond donors (Lipinski definition) is 1. The molecule has 1 aromatic rings. The molecule has 5 heteroatoms. The SMILES string of the molecule is Cc1cccc([C@H]2NCC[C@H]2N2CCOCC2C)c1Cl.Cl. The molecule has 3 atom stereocenters. The predicted molar refractivity (Wildman–Crippen MR) is 89.6 cm³/mol. The van der Waals surface area contributed by atoms with Gasteiger partial charge in [0.05, 0.1) is 13.2 Å². The summed E-state index contributed by atoms with van der Waals surface area (Å²) in [6, 6.07) is 7.69. The van der Waals surface area contributed by atoms with Crippen LogP contribution in [-0.2, 0) is 4.74 Å². The molecule has 0 amide bonds. The van der Waals surface area contributed by atoms with Crippen LogP contribution in [0.25, 0.3) is 0 Å². The van der Waals surface area contributed by atoms with Crippen molar-refractivity contribution in [1.29, 1.82) is 0 Å². The van der Waals surface area contributed by atoms with Gasteiger partial charge in [-0.2, -0.15) is 0 Å². The van der Waals surface area contributed by atoms with Crippen molar-refractivity contribution in [3.05, 3.63) is 34.3 Å². The summed E-state index contributed by atoms with van der Waals surface area (Å²) in [6.45, 7) is 8.09. The average molecular weight is 331 g/mol. The van der Waals surface area contributed by atoms with E-state index in [1.807, 2.05) is 0 Å². The second-order valence-electron chi connectivity index (χ2n) is 5.93. The van der Waals surface area contributed by atoms with Crippen LogP contribution in [-0.4, -0.2) is 43.3 Å². The summed E-state index contributed by atoms with van der Waals surface area (Å²) in [7, 11) is 0. The molecule has 118 valence electrons. The third kappa shape index (κ3) is 3.38. The molecule has 3 rings (SSSR count). The molecule has 2 saturated heterocycles. The quantitative estimate of drug-likeness (QED) is 0.901. The van der Waals surface area contributed by atoms with Gasteiger partial charge >= 0.3 is 0 Å². The molecule has 2 aliphatic heterocycles. The zero-order chi connectivity index (χ0) is 14.1. The Balaban J connectivity index is 0.00000161. The van der Waals surface area contributed by atoms with Gasteiger partial charge < -0.3 is 10.1 Å². The van der Waals surface area contributed by atoms with Crippen molar-refractivity contribution < 1.29 is 4.74 Å². The Morgan fingerprint density at radius 2 is 2.19 bits per heavy atom. The summed E-state index contributed by atoms with van der Waals surface area (Å²) in [6.07, 6.45) is 1.18. The maximum atomic E-state index is 6.53. The lowest BCUT2D eigenvalue weighted by Crippen LogP contribution is -2.50. The molecule has 0 spiro atoms. The number of nitrogens with zero attached hydrogens (tertiary/aromatic N) is 1. The standard InChI is InChI=1S/C16H23ClN2O.ClH/c1-11-4-3-5-13(15(11)17)16-14(6-7-18-16)19-8-9-20-10-12(19)2;/h3-5,12,14,16,18H,6-10H2,1-2H3;1H/t12?,14-,16-;/m1./s1. The molecule has 2 aliphatic rings. The van der Waals surface area contributed by atoms with Gasteiger partial charge in [-0.05, 0) is 37.9 Å². The van der Waals surface area contributed by atoms with Gasteiger partial charge in [0.15, 0.2) is 0 Å². The molecule has 0 aliphatic carbocycles. The van der Waals surface area contributed by atoms with Gasteiger partial charge in [0.1, 0.15) is 0 Å². The maximum absolute atomic E-state index is 6.53. The monoisotopic (exact) mass is 330 g/mol. The van der Waals surface area contributed by atoms with Gasteiger partial charge in [-0.25, -0.2) is 0 Å². The summed E-state index contributed by atoms with van der Waals surface area (Å²) < 4.78 is 5.57. The predicted octanol–water partition coefficient (Wildman–Crippen LogP) is 3.19. The highest BCUT2D eigenvalue weighted by Gasteiger charge is 2.37. The number of morpholine rings is 1. The van der Waals surface area contributed by atoms with Crippen molar-refractivity contribution in [3.63, 3.8) is 0 Å². The molecular weight excluding hydrogens is 307 g/mol. The van der Waals surface area contributed by atoms with Crippen LogP contribution in [0.2, 0.25) is 5.02 Å². The van der Waals surface area contributed by atoms with Gasteiger partial charge in [-0.1, -0.05) is 29.8 Å². The zero-order valence-corrected chi connectivity index (χ0v) is 14.2. The van der Waals surface area contributed by atoms with E-state index in [-0.39, 0.29) is 12.4 Å². The van der Waals surface area contributed by atoms with Crippen molar-refractivity contribution in [2.24, 2.45) is 0 Å². The van der Waals surface area contributed by atoms with E-state index < -0.39 is 0 Å². The number of aryl methyl sites for hydroxylation is 1. The Labute approximate surface area is 138 Å². The Bertz CT molecular complexity index is 483. The highest BCUT2D eigenvalue weighted by molar-refractivity contribution is 6.32. The summed E-state index contributed by atoms with van der Waals surface area (Å²) in [5.41, 5.74) is 2.40. The van der Waals surface area contributed by atoms with E-state index in [0.29, 0.717) is 18.1 Å². The molecule has 2 fully saturated rings. The molecule has 0 aromatic heterocycles. The third-order valence-electron chi connectivity index (χ3n) is 4.59. The first-order chi connectivity index (χ1) is 9.68. The van der Waals surface area contributed by atoms with Crippen molar-refractivity contribution in [2.75, 3.05) is 26.3 Å². The number of nitrogens with one attached hydrogen (secondary N) is 1. The topological polar surface area (TPSA) is 24.5 Å². The van der Waals surface area contributed by atoms with E-state index in [0.717, 1.165) is 36.9 Å². The summed E-state index contributed by atoms with van der Waals surface area (Å²) in [4.78, 5) is 2.59. The van der Waals surface area contributed by atoms with Crippen molar-refractivity contribution >= 4 is 24.0 Å². The largest absolute Gasteiger partial charge is 0.379 e. The van der Waals surface area contributed by atoms with Gasteiger partial charge in [-0.15, -0.1) is 12.4 Å². The smallest absolute Gasteiger partial charge is 0.0619 e. The van der Waals surface area contributed by atoms with E-state index in [2.05, 4.69) is 42.3 Å². The fourth-order valence-electron chi connectivity index (χ4n) is 3.51. The van der Waals surface area contributed by atoms with Crippen LogP contribution in [0.1, 0.15) is 30.5 Å². The molecule has 1 aromatic carbocycles. The first kappa shape index (κ1) is 17.0.